The number of nitriles is 1. The van der Waals surface area contributed by atoms with E-state index in [2.05, 4.69) is 28.2 Å². The van der Waals surface area contributed by atoms with Crippen LogP contribution in [0.25, 0.3) is 5.70 Å². The van der Waals surface area contributed by atoms with Crippen molar-refractivity contribution >= 4 is 33.8 Å². The van der Waals surface area contributed by atoms with Gasteiger partial charge in [0.2, 0.25) is 5.95 Å². The summed E-state index contributed by atoms with van der Waals surface area (Å²) in [5.74, 6) is 0.938. The Morgan fingerprint density at radius 1 is 1.35 bits per heavy atom. The maximum absolute atomic E-state index is 14.2. The Balaban J connectivity index is 1.57. The Hall–Kier alpha value is -2.96. The molecule has 3 aliphatic rings. The number of anilines is 2. The molecule has 5 rings (SSSR count). The Bertz CT molecular complexity index is 1190. The number of nitrogen functional groups attached to an aromatic ring is 1. The van der Waals surface area contributed by atoms with E-state index in [1.54, 1.807) is 12.3 Å². The number of rotatable bonds is 2. The molecule has 2 aromatic heterocycles. The van der Waals surface area contributed by atoms with Crippen molar-refractivity contribution in [1.82, 2.24) is 15.3 Å². The van der Waals surface area contributed by atoms with Crippen LogP contribution in [0.4, 0.5) is 10.9 Å². The smallest absolute Gasteiger partial charge is 0.225 e. The molecular formula is C25H31N7OS. The minimum absolute atomic E-state index is 0.0393. The van der Waals surface area contributed by atoms with Crippen molar-refractivity contribution in [1.29, 1.82) is 5.26 Å². The van der Waals surface area contributed by atoms with Crippen molar-refractivity contribution < 1.29 is 4.79 Å². The van der Waals surface area contributed by atoms with E-state index in [-0.39, 0.29) is 11.7 Å². The van der Waals surface area contributed by atoms with Crippen LogP contribution in [0.3, 0.4) is 0 Å². The van der Waals surface area contributed by atoms with Gasteiger partial charge >= 0.3 is 0 Å². The third-order valence-corrected chi connectivity index (χ3v) is 8.51. The van der Waals surface area contributed by atoms with Gasteiger partial charge in [0, 0.05) is 36.3 Å². The fourth-order valence-corrected chi connectivity index (χ4v) is 7.13. The number of carbonyl (C=O) groups is 1. The van der Waals surface area contributed by atoms with Crippen LogP contribution in [-0.2, 0) is 16.6 Å². The molecular weight excluding hydrogens is 446 g/mol. The lowest BCUT2D eigenvalue weighted by atomic mass is 9.58. The highest BCUT2D eigenvalue weighted by Gasteiger charge is 2.51. The van der Waals surface area contributed by atoms with Crippen LogP contribution >= 0.6 is 11.3 Å². The molecule has 5 N–H and O–H groups in total. The number of aryl methyl sites for hydroxylation is 1. The molecule has 0 aromatic carbocycles. The number of allylic oxidation sites excluding steroid dienone is 1. The molecule has 0 bridgehead atoms. The number of fused-ring (bicyclic) bond motifs is 2. The van der Waals surface area contributed by atoms with Crippen molar-refractivity contribution in [2.75, 3.05) is 36.8 Å². The summed E-state index contributed by atoms with van der Waals surface area (Å²) in [6, 6.07) is 4.08. The van der Waals surface area contributed by atoms with Crippen LogP contribution < -0.4 is 21.7 Å². The van der Waals surface area contributed by atoms with Gasteiger partial charge in [0.1, 0.15) is 11.1 Å². The van der Waals surface area contributed by atoms with Gasteiger partial charge in [-0.3, -0.25) is 4.79 Å². The number of ketones is 1. The topological polar surface area (TPSA) is 134 Å². The average molecular weight is 478 g/mol. The van der Waals surface area contributed by atoms with Crippen molar-refractivity contribution in [3.05, 3.63) is 39.5 Å². The molecule has 2 atom stereocenters. The summed E-state index contributed by atoms with van der Waals surface area (Å²) in [6.45, 7) is 5.74. The summed E-state index contributed by atoms with van der Waals surface area (Å²) in [5, 5.41) is 13.8. The number of aromatic nitrogens is 2. The number of hydrogen-bond acceptors (Lipinski definition) is 9. The largest absolute Gasteiger partial charge is 0.397 e. The van der Waals surface area contributed by atoms with Crippen LogP contribution in [0.2, 0.25) is 0 Å². The molecule has 0 radical (unpaired) electrons. The van der Waals surface area contributed by atoms with E-state index in [1.165, 1.54) is 11.3 Å². The molecule has 2 aromatic rings. The third kappa shape index (κ3) is 3.75. The first-order valence-corrected chi connectivity index (χ1v) is 12.9. The summed E-state index contributed by atoms with van der Waals surface area (Å²) >= 11 is 1.46. The van der Waals surface area contributed by atoms with Gasteiger partial charge in [-0.15, -0.1) is 11.3 Å². The molecule has 1 saturated heterocycles. The lowest BCUT2D eigenvalue weighted by Crippen LogP contribution is -2.45. The number of Topliss-reactive ketones (excluding diaryl/α,β-unsaturated/α-hetero) is 1. The highest BCUT2D eigenvalue weighted by Crippen LogP contribution is 2.53. The van der Waals surface area contributed by atoms with Crippen LogP contribution in [-0.4, -0.2) is 41.9 Å². The van der Waals surface area contributed by atoms with Gasteiger partial charge in [0.05, 0.1) is 22.4 Å². The predicted octanol–water partition coefficient (Wildman–Crippen LogP) is 2.73. The normalized spacial score (nSPS) is 26.6. The monoisotopic (exact) mass is 477 g/mol. The SMILES string of the molecule is CC1CC(=C(N)c2ccnc(N3CCCNCC3)n2)C(=O)C2(CCCc3sc(N)c(C#N)c32)C1. The molecule has 9 heteroatoms. The predicted molar refractivity (Wildman–Crippen MR) is 134 cm³/mol. The molecule has 2 fully saturated rings. The number of thiophene rings is 1. The minimum Gasteiger partial charge on any atom is -0.397 e. The lowest BCUT2D eigenvalue weighted by Gasteiger charge is -2.43. The minimum atomic E-state index is -0.725. The number of hydrogen-bond donors (Lipinski definition) is 3. The molecule has 1 aliphatic heterocycles. The standard InChI is InChI=1S/C25H31N7OS/c1-15-12-16(21(27)18-5-8-30-24(31-18)32-10-3-7-29-9-11-32)22(33)25(13-15)6-2-4-19-20(25)17(14-26)23(28)34-19/h5,8,15,29H,2-4,6-7,9-13,27-28H2,1H3. The number of carbonyl (C=O) groups excluding carboxylic acids is 1. The Labute approximate surface area is 204 Å². The van der Waals surface area contributed by atoms with Crippen molar-refractivity contribution in [2.45, 2.75) is 50.9 Å². The molecule has 8 nitrogen and oxygen atoms in total. The fourth-order valence-electron chi connectivity index (χ4n) is 5.97. The quantitative estimate of drug-likeness (QED) is 0.562. The second kappa shape index (κ2) is 9.01. The van der Waals surface area contributed by atoms with E-state index in [0.717, 1.165) is 68.7 Å². The van der Waals surface area contributed by atoms with Crippen LogP contribution in [0, 0.1) is 17.2 Å². The molecule has 2 aliphatic carbocycles. The molecule has 3 heterocycles. The Morgan fingerprint density at radius 3 is 3.03 bits per heavy atom. The first kappa shape index (κ1) is 22.8. The summed E-state index contributed by atoms with van der Waals surface area (Å²) < 4.78 is 0. The Kier molecular flexibility index (Phi) is 6.04. The lowest BCUT2D eigenvalue weighted by molar-refractivity contribution is -0.123. The van der Waals surface area contributed by atoms with E-state index in [1.807, 2.05) is 0 Å². The third-order valence-electron chi connectivity index (χ3n) is 7.43. The molecule has 178 valence electrons. The molecule has 1 saturated carbocycles. The average Bonchev–Trinajstić information content (AvgIpc) is 2.99. The summed E-state index contributed by atoms with van der Waals surface area (Å²) in [6.07, 6.45) is 6.57. The number of nitrogens with two attached hydrogens (primary N) is 2. The van der Waals surface area contributed by atoms with Crippen molar-refractivity contribution in [3.8, 4) is 6.07 Å². The van der Waals surface area contributed by atoms with E-state index in [0.29, 0.717) is 39.9 Å². The zero-order valence-electron chi connectivity index (χ0n) is 19.6. The fraction of sp³-hybridized carbons (Fsp3) is 0.520. The summed E-state index contributed by atoms with van der Waals surface area (Å²) in [7, 11) is 0. The Morgan fingerprint density at radius 2 is 2.21 bits per heavy atom. The van der Waals surface area contributed by atoms with Gasteiger partial charge in [-0.25, -0.2) is 9.97 Å². The molecule has 0 amide bonds. The van der Waals surface area contributed by atoms with Gasteiger partial charge in [0.25, 0.3) is 0 Å². The highest BCUT2D eigenvalue weighted by molar-refractivity contribution is 7.16. The summed E-state index contributed by atoms with van der Waals surface area (Å²) in [4.78, 5) is 26.7. The van der Waals surface area contributed by atoms with Crippen LogP contribution in [0.15, 0.2) is 17.8 Å². The number of nitrogens with one attached hydrogen (secondary N) is 1. The second-order valence-corrected chi connectivity index (χ2v) is 10.9. The first-order valence-electron chi connectivity index (χ1n) is 12.1. The van der Waals surface area contributed by atoms with Gasteiger partial charge in [-0.05, 0) is 62.6 Å². The van der Waals surface area contributed by atoms with Crippen molar-refractivity contribution in [2.24, 2.45) is 11.7 Å². The van der Waals surface area contributed by atoms with Crippen molar-refractivity contribution in [3.63, 3.8) is 0 Å². The summed E-state index contributed by atoms with van der Waals surface area (Å²) in [5.41, 5.74) is 15.2. The van der Waals surface area contributed by atoms with E-state index < -0.39 is 5.41 Å². The first-order chi connectivity index (χ1) is 16.4. The molecule has 34 heavy (non-hydrogen) atoms. The highest BCUT2D eigenvalue weighted by atomic mass is 32.1. The van der Waals surface area contributed by atoms with E-state index >= 15 is 0 Å². The van der Waals surface area contributed by atoms with Crippen LogP contribution in [0.5, 0.6) is 0 Å². The zero-order valence-corrected chi connectivity index (χ0v) is 20.4. The van der Waals surface area contributed by atoms with Gasteiger partial charge in [0.15, 0.2) is 5.78 Å². The maximum atomic E-state index is 14.2. The second-order valence-electron chi connectivity index (χ2n) is 9.75. The molecule has 2 unspecified atom stereocenters. The van der Waals surface area contributed by atoms with Crippen LogP contribution in [0.1, 0.15) is 60.7 Å². The zero-order chi connectivity index (χ0) is 23.9. The molecule has 1 spiro atoms. The van der Waals surface area contributed by atoms with Gasteiger partial charge < -0.3 is 21.7 Å². The van der Waals surface area contributed by atoms with E-state index in [9.17, 15) is 10.1 Å². The van der Waals surface area contributed by atoms with Gasteiger partial charge in [-0.1, -0.05) is 6.92 Å². The van der Waals surface area contributed by atoms with Gasteiger partial charge in [-0.2, -0.15) is 5.26 Å². The van der Waals surface area contributed by atoms with E-state index in [4.69, 9.17) is 16.5 Å². The maximum Gasteiger partial charge on any atom is 0.225 e. The number of nitrogens with zero attached hydrogens (tertiary/aromatic N) is 4.